The normalized spacial score (nSPS) is 11.3. The number of hydrogen-bond donors (Lipinski definition) is 1. The molecule has 2 N–H and O–H groups in total. The number of nitrogens with two attached hydrogens (primary N) is 1. The molecule has 5 nitrogen and oxygen atoms in total. The van der Waals surface area contributed by atoms with Gasteiger partial charge in [0.2, 0.25) is 0 Å². The molecule has 0 heterocycles. The van der Waals surface area contributed by atoms with Gasteiger partial charge in [0, 0.05) is 12.1 Å². The maximum absolute atomic E-state index is 11.6. The van der Waals surface area contributed by atoms with Crippen molar-refractivity contribution in [1.29, 1.82) is 0 Å². The van der Waals surface area contributed by atoms with Crippen LogP contribution in [0.25, 0.3) is 0 Å². The Morgan fingerprint density at radius 1 is 1.26 bits per heavy atom. The molecular formula is C13H21NO4S. The van der Waals surface area contributed by atoms with Gasteiger partial charge in [0.25, 0.3) is 0 Å². The molecule has 108 valence electrons. The van der Waals surface area contributed by atoms with Gasteiger partial charge in [-0.05, 0) is 24.6 Å². The molecule has 0 aliphatic rings. The minimum atomic E-state index is -3.02. The summed E-state index contributed by atoms with van der Waals surface area (Å²) in [5.74, 6) is 1.53. The first-order chi connectivity index (χ1) is 9.02. The fourth-order valence-electron chi connectivity index (χ4n) is 1.67. The van der Waals surface area contributed by atoms with E-state index in [4.69, 9.17) is 15.2 Å². The molecule has 0 aromatic heterocycles. The molecule has 0 saturated heterocycles. The topological polar surface area (TPSA) is 78.6 Å². The van der Waals surface area contributed by atoms with Gasteiger partial charge in [-0.1, -0.05) is 6.92 Å². The summed E-state index contributed by atoms with van der Waals surface area (Å²) < 4.78 is 33.7. The van der Waals surface area contributed by atoms with Gasteiger partial charge in [0.15, 0.2) is 9.84 Å². The zero-order chi connectivity index (χ0) is 14.3. The summed E-state index contributed by atoms with van der Waals surface area (Å²) >= 11 is 0. The summed E-state index contributed by atoms with van der Waals surface area (Å²) in [6.07, 6.45) is 0.624. The molecule has 0 aliphatic carbocycles. The number of ether oxygens (including phenoxy) is 2. The fourth-order valence-corrected chi connectivity index (χ4v) is 2.84. The number of rotatable bonds is 8. The second-order valence-corrected chi connectivity index (χ2v) is 6.48. The lowest BCUT2D eigenvalue weighted by molar-refractivity contribution is 0.335. The molecule has 0 spiro atoms. The van der Waals surface area contributed by atoms with Crippen molar-refractivity contribution < 1.29 is 17.9 Å². The zero-order valence-corrected chi connectivity index (χ0v) is 12.2. The highest BCUT2D eigenvalue weighted by Crippen LogP contribution is 2.23. The predicted molar refractivity (Wildman–Crippen MR) is 75.3 cm³/mol. The first kappa shape index (κ1) is 15.8. The molecular weight excluding hydrogens is 266 g/mol. The maximum Gasteiger partial charge on any atom is 0.153 e. The number of methoxy groups -OCH3 is 1. The summed E-state index contributed by atoms with van der Waals surface area (Å²) in [6.45, 7) is 2.30. The number of benzene rings is 1. The lowest BCUT2D eigenvalue weighted by Crippen LogP contribution is -2.17. The van der Waals surface area contributed by atoms with Gasteiger partial charge in [-0.25, -0.2) is 8.42 Å². The van der Waals surface area contributed by atoms with E-state index in [2.05, 4.69) is 0 Å². The van der Waals surface area contributed by atoms with Gasteiger partial charge < -0.3 is 15.2 Å². The van der Waals surface area contributed by atoms with Crippen molar-refractivity contribution in [2.75, 3.05) is 25.2 Å². The Hall–Kier alpha value is -1.27. The minimum absolute atomic E-state index is 0.0247. The Morgan fingerprint density at radius 2 is 2.00 bits per heavy atom. The Morgan fingerprint density at radius 3 is 2.58 bits per heavy atom. The van der Waals surface area contributed by atoms with Crippen LogP contribution in [0.4, 0.5) is 0 Å². The molecule has 0 unspecified atom stereocenters. The number of hydrogen-bond acceptors (Lipinski definition) is 5. The van der Waals surface area contributed by atoms with Crippen LogP contribution in [0.5, 0.6) is 11.5 Å². The van der Waals surface area contributed by atoms with E-state index in [0.29, 0.717) is 24.5 Å². The molecule has 1 aromatic rings. The highest BCUT2D eigenvalue weighted by Gasteiger charge is 2.10. The smallest absolute Gasteiger partial charge is 0.153 e. The summed E-state index contributed by atoms with van der Waals surface area (Å²) in [5, 5.41) is 0. The van der Waals surface area contributed by atoms with E-state index >= 15 is 0 Å². The van der Waals surface area contributed by atoms with Crippen molar-refractivity contribution >= 4 is 9.84 Å². The van der Waals surface area contributed by atoms with Crippen LogP contribution < -0.4 is 15.2 Å². The van der Waals surface area contributed by atoms with Crippen LogP contribution >= 0.6 is 0 Å². The molecule has 0 radical (unpaired) electrons. The SMILES string of the molecule is CCCS(=O)(=O)CCOc1ccc(OC)cc1CN. The van der Waals surface area contributed by atoms with Crippen molar-refractivity contribution in [3.8, 4) is 11.5 Å². The van der Waals surface area contributed by atoms with E-state index in [1.807, 2.05) is 6.92 Å². The second-order valence-electron chi connectivity index (χ2n) is 4.18. The van der Waals surface area contributed by atoms with E-state index < -0.39 is 9.84 Å². The van der Waals surface area contributed by atoms with E-state index in [0.717, 1.165) is 5.56 Å². The molecule has 6 heteroatoms. The van der Waals surface area contributed by atoms with Crippen LogP contribution in [0, 0.1) is 0 Å². The van der Waals surface area contributed by atoms with Gasteiger partial charge in [-0.15, -0.1) is 0 Å². The molecule has 0 atom stereocenters. The van der Waals surface area contributed by atoms with Crippen molar-refractivity contribution in [3.63, 3.8) is 0 Å². The minimum Gasteiger partial charge on any atom is -0.497 e. The third-order valence-electron chi connectivity index (χ3n) is 2.65. The quantitative estimate of drug-likeness (QED) is 0.781. The van der Waals surface area contributed by atoms with Gasteiger partial charge in [-0.3, -0.25) is 0 Å². The van der Waals surface area contributed by atoms with Gasteiger partial charge >= 0.3 is 0 Å². The molecule has 0 saturated carbocycles. The fraction of sp³-hybridized carbons (Fsp3) is 0.538. The second kappa shape index (κ2) is 7.35. The third-order valence-corrected chi connectivity index (χ3v) is 4.47. The van der Waals surface area contributed by atoms with Crippen LogP contribution in [0.3, 0.4) is 0 Å². The monoisotopic (exact) mass is 287 g/mol. The molecule has 0 aliphatic heterocycles. The van der Waals surface area contributed by atoms with Crippen LogP contribution in [0.2, 0.25) is 0 Å². The summed E-state index contributed by atoms with van der Waals surface area (Å²) in [4.78, 5) is 0. The average Bonchev–Trinajstić information content (AvgIpc) is 2.38. The van der Waals surface area contributed by atoms with Crippen LogP contribution in [-0.4, -0.2) is 33.6 Å². The van der Waals surface area contributed by atoms with Crippen LogP contribution in [-0.2, 0) is 16.4 Å². The van der Waals surface area contributed by atoms with E-state index in [1.54, 1.807) is 25.3 Å². The summed E-state index contributed by atoms with van der Waals surface area (Å²) in [6, 6.07) is 5.29. The molecule has 1 aromatic carbocycles. The molecule has 0 amide bonds. The van der Waals surface area contributed by atoms with E-state index in [-0.39, 0.29) is 18.1 Å². The molecule has 1 rings (SSSR count). The largest absolute Gasteiger partial charge is 0.497 e. The van der Waals surface area contributed by atoms with Gasteiger partial charge in [0.1, 0.15) is 18.1 Å². The standard InChI is InChI=1S/C13H21NO4S/c1-3-7-19(15,16)8-6-18-13-5-4-12(17-2)9-11(13)10-14/h4-5,9H,3,6-8,10,14H2,1-2H3. The predicted octanol–water partition coefficient (Wildman–Crippen LogP) is 1.36. The highest BCUT2D eigenvalue weighted by molar-refractivity contribution is 7.91. The third kappa shape index (κ3) is 5.08. The Bertz CT molecular complexity index is 499. The van der Waals surface area contributed by atoms with E-state index in [1.165, 1.54) is 0 Å². The Balaban J connectivity index is 2.63. The van der Waals surface area contributed by atoms with E-state index in [9.17, 15) is 8.42 Å². The first-order valence-corrected chi connectivity index (χ1v) is 8.04. The van der Waals surface area contributed by atoms with Crippen molar-refractivity contribution in [2.24, 2.45) is 5.73 Å². The maximum atomic E-state index is 11.6. The average molecular weight is 287 g/mol. The van der Waals surface area contributed by atoms with Crippen LogP contribution in [0.1, 0.15) is 18.9 Å². The lowest BCUT2D eigenvalue weighted by Gasteiger charge is -2.11. The van der Waals surface area contributed by atoms with Gasteiger partial charge in [0.05, 0.1) is 18.6 Å². The highest BCUT2D eigenvalue weighted by atomic mass is 32.2. The summed E-state index contributed by atoms with van der Waals surface area (Å²) in [7, 11) is -1.44. The van der Waals surface area contributed by atoms with Crippen molar-refractivity contribution in [1.82, 2.24) is 0 Å². The lowest BCUT2D eigenvalue weighted by atomic mass is 10.2. The Kier molecular flexibility index (Phi) is 6.11. The first-order valence-electron chi connectivity index (χ1n) is 6.22. The molecule has 0 fully saturated rings. The van der Waals surface area contributed by atoms with Crippen molar-refractivity contribution in [2.45, 2.75) is 19.9 Å². The summed E-state index contributed by atoms with van der Waals surface area (Å²) in [5.41, 5.74) is 6.42. The number of sulfone groups is 1. The molecule has 0 bridgehead atoms. The van der Waals surface area contributed by atoms with Gasteiger partial charge in [-0.2, -0.15) is 0 Å². The molecule has 19 heavy (non-hydrogen) atoms. The Labute approximate surface area is 114 Å². The zero-order valence-electron chi connectivity index (χ0n) is 11.4. The van der Waals surface area contributed by atoms with Crippen LogP contribution in [0.15, 0.2) is 18.2 Å². The van der Waals surface area contributed by atoms with Crippen molar-refractivity contribution in [3.05, 3.63) is 23.8 Å².